The topological polar surface area (TPSA) is 70.2 Å². The highest BCUT2D eigenvalue weighted by Crippen LogP contribution is 2.23. The van der Waals surface area contributed by atoms with Gasteiger partial charge in [-0.25, -0.2) is 0 Å². The molecule has 1 heterocycles. The number of carbonyl (C=O) groups is 2. The van der Waals surface area contributed by atoms with E-state index in [4.69, 9.17) is 0 Å². The molecule has 0 spiro atoms. The summed E-state index contributed by atoms with van der Waals surface area (Å²) in [5, 5.41) is 8.82. The molecule has 1 aromatic rings. The van der Waals surface area contributed by atoms with E-state index < -0.39 is 0 Å². The van der Waals surface area contributed by atoms with Crippen LogP contribution in [0.4, 0.5) is 0 Å². The van der Waals surface area contributed by atoms with Crippen molar-refractivity contribution in [2.45, 2.75) is 31.6 Å². The Balaban J connectivity index is 1.79. The van der Waals surface area contributed by atoms with Crippen LogP contribution in [0.15, 0.2) is 24.3 Å². The SMILES string of the molecule is CNC(=O)CCCNC(=O)c1ccc([C@@H]2CCCNC2)cc1. The number of hydrogen-bond donors (Lipinski definition) is 3. The molecular formula is C17H25N3O2. The molecule has 5 heteroatoms. The number of hydrogen-bond acceptors (Lipinski definition) is 3. The third kappa shape index (κ3) is 4.84. The van der Waals surface area contributed by atoms with Gasteiger partial charge in [0.2, 0.25) is 5.91 Å². The maximum absolute atomic E-state index is 12.0. The molecule has 0 unspecified atom stereocenters. The lowest BCUT2D eigenvalue weighted by Crippen LogP contribution is -2.28. The number of benzene rings is 1. The maximum Gasteiger partial charge on any atom is 0.251 e. The molecule has 1 aliphatic heterocycles. The molecule has 1 atom stereocenters. The first-order valence-corrected chi connectivity index (χ1v) is 8.00. The Bertz CT molecular complexity index is 493. The molecule has 0 aromatic heterocycles. The predicted octanol–water partition coefficient (Wildman–Crippen LogP) is 1.41. The minimum absolute atomic E-state index is 0.000284. The first kappa shape index (κ1) is 16.5. The lowest BCUT2D eigenvalue weighted by atomic mass is 9.91. The number of piperidine rings is 1. The fourth-order valence-electron chi connectivity index (χ4n) is 2.72. The Kier molecular flexibility index (Phi) is 6.40. The standard InChI is InChI=1S/C17H25N3O2/c1-18-16(21)5-3-11-20-17(22)14-8-6-13(7-9-14)15-4-2-10-19-12-15/h6-9,15,19H,2-5,10-12H2,1H3,(H,18,21)(H,20,22)/t15-/m1/s1. The Morgan fingerprint density at radius 1 is 1.27 bits per heavy atom. The summed E-state index contributed by atoms with van der Waals surface area (Å²) in [4.78, 5) is 23.1. The normalized spacial score (nSPS) is 17.8. The van der Waals surface area contributed by atoms with E-state index in [1.165, 1.54) is 18.4 Å². The van der Waals surface area contributed by atoms with Gasteiger partial charge in [-0.2, -0.15) is 0 Å². The second kappa shape index (κ2) is 8.54. The van der Waals surface area contributed by atoms with Gasteiger partial charge in [0.15, 0.2) is 0 Å². The molecule has 1 aromatic carbocycles. The van der Waals surface area contributed by atoms with Crippen LogP contribution in [0.3, 0.4) is 0 Å². The fourth-order valence-corrected chi connectivity index (χ4v) is 2.72. The van der Waals surface area contributed by atoms with Gasteiger partial charge in [0.25, 0.3) is 5.91 Å². The second-order valence-corrected chi connectivity index (χ2v) is 5.70. The Hall–Kier alpha value is -1.88. The van der Waals surface area contributed by atoms with Crippen LogP contribution in [0.25, 0.3) is 0 Å². The Labute approximate surface area is 131 Å². The van der Waals surface area contributed by atoms with Crippen LogP contribution in [-0.2, 0) is 4.79 Å². The van der Waals surface area contributed by atoms with E-state index in [0.29, 0.717) is 30.9 Å². The van der Waals surface area contributed by atoms with Crippen molar-refractivity contribution in [3.05, 3.63) is 35.4 Å². The van der Waals surface area contributed by atoms with E-state index in [9.17, 15) is 9.59 Å². The van der Waals surface area contributed by atoms with Crippen LogP contribution in [0, 0.1) is 0 Å². The molecule has 1 aliphatic rings. The fraction of sp³-hybridized carbons (Fsp3) is 0.529. The highest BCUT2D eigenvalue weighted by atomic mass is 16.2. The van der Waals surface area contributed by atoms with Crippen molar-refractivity contribution >= 4 is 11.8 Å². The van der Waals surface area contributed by atoms with Crippen LogP contribution < -0.4 is 16.0 Å². The van der Waals surface area contributed by atoms with Crippen LogP contribution in [0.2, 0.25) is 0 Å². The van der Waals surface area contributed by atoms with E-state index in [1.807, 2.05) is 12.1 Å². The van der Waals surface area contributed by atoms with Crippen molar-refractivity contribution in [3.63, 3.8) is 0 Å². The van der Waals surface area contributed by atoms with Crippen molar-refractivity contribution in [3.8, 4) is 0 Å². The van der Waals surface area contributed by atoms with Gasteiger partial charge in [-0.3, -0.25) is 9.59 Å². The zero-order chi connectivity index (χ0) is 15.8. The van der Waals surface area contributed by atoms with E-state index >= 15 is 0 Å². The minimum Gasteiger partial charge on any atom is -0.359 e. The number of carbonyl (C=O) groups excluding carboxylic acids is 2. The quantitative estimate of drug-likeness (QED) is 0.696. The van der Waals surface area contributed by atoms with Gasteiger partial charge < -0.3 is 16.0 Å². The van der Waals surface area contributed by atoms with Crippen LogP contribution in [0.5, 0.6) is 0 Å². The Morgan fingerprint density at radius 2 is 2.05 bits per heavy atom. The summed E-state index contributed by atoms with van der Waals surface area (Å²) in [6, 6.07) is 7.88. The molecule has 120 valence electrons. The summed E-state index contributed by atoms with van der Waals surface area (Å²) in [5.41, 5.74) is 1.97. The van der Waals surface area contributed by atoms with E-state index in [0.717, 1.165) is 13.1 Å². The van der Waals surface area contributed by atoms with Crippen LogP contribution in [0.1, 0.15) is 47.5 Å². The zero-order valence-corrected chi connectivity index (χ0v) is 13.2. The molecule has 0 bridgehead atoms. The summed E-state index contributed by atoms with van der Waals surface area (Å²) in [6.45, 7) is 2.64. The molecule has 22 heavy (non-hydrogen) atoms. The van der Waals surface area contributed by atoms with Gasteiger partial charge in [0.05, 0.1) is 0 Å². The monoisotopic (exact) mass is 303 g/mol. The van der Waals surface area contributed by atoms with Crippen molar-refractivity contribution in [1.29, 1.82) is 0 Å². The van der Waals surface area contributed by atoms with Gasteiger partial charge in [-0.15, -0.1) is 0 Å². The highest BCUT2D eigenvalue weighted by Gasteiger charge is 2.15. The average Bonchev–Trinajstić information content (AvgIpc) is 2.59. The summed E-state index contributed by atoms with van der Waals surface area (Å²) in [7, 11) is 1.62. The third-order valence-electron chi connectivity index (χ3n) is 4.09. The zero-order valence-electron chi connectivity index (χ0n) is 13.2. The summed E-state index contributed by atoms with van der Waals surface area (Å²) in [6.07, 6.45) is 3.50. The van der Waals surface area contributed by atoms with Crippen LogP contribution in [-0.4, -0.2) is 38.5 Å². The van der Waals surface area contributed by atoms with E-state index in [-0.39, 0.29) is 11.8 Å². The number of nitrogens with one attached hydrogen (secondary N) is 3. The number of amides is 2. The minimum atomic E-state index is -0.0785. The van der Waals surface area contributed by atoms with Crippen LogP contribution >= 0.6 is 0 Å². The molecule has 3 N–H and O–H groups in total. The third-order valence-corrected chi connectivity index (χ3v) is 4.09. The summed E-state index contributed by atoms with van der Waals surface area (Å²) in [5.74, 6) is 0.475. The molecular weight excluding hydrogens is 278 g/mol. The van der Waals surface area contributed by atoms with Crippen molar-refractivity contribution < 1.29 is 9.59 Å². The van der Waals surface area contributed by atoms with E-state index in [2.05, 4.69) is 28.1 Å². The molecule has 5 nitrogen and oxygen atoms in total. The van der Waals surface area contributed by atoms with Gasteiger partial charge in [0.1, 0.15) is 0 Å². The first-order valence-electron chi connectivity index (χ1n) is 8.00. The van der Waals surface area contributed by atoms with Gasteiger partial charge in [-0.1, -0.05) is 12.1 Å². The molecule has 2 amide bonds. The molecule has 0 aliphatic carbocycles. The molecule has 0 saturated carbocycles. The van der Waals surface area contributed by atoms with Crippen molar-refractivity contribution in [2.75, 3.05) is 26.7 Å². The lowest BCUT2D eigenvalue weighted by Gasteiger charge is -2.23. The smallest absolute Gasteiger partial charge is 0.251 e. The van der Waals surface area contributed by atoms with Gasteiger partial charge in [0, 0.05) is 32.1 Å². The molecule has 1 saturated heterocycles. The molecule has 2 rings (SSSR count). The summed E-state index contributed by atoms with van der Waals surface area (Å²) < 4.78 is 0. The Morgan fingerprint density at radius 3 is 2.68 bits per heavy atom. The summed E-state index contributed by atoms with van der Waals surface area (Å²) >= 11 is 0. The van der Waals surface area contributed by atoms with Gasteiger partial charge >= 0.3 is 0 Å². The largest absolute Gasteiger partial charge is 0.359 e. The van der Waals surface area contributed by atoms with Crippen molar-refractivity contribution in [2.24, 2.45) is 0 Å². The van der Waals surface area contributed by atoms with Crippen molar-refractivity contribution in [1.82, 2.24) is 16.0 Å². The van der Waals surface area contributed by atoms with Gasteiger partial charge in [-0.05, 0) is 49.4 Å². The second-order valence-electron chi connectivity index (χ2n) is 5.70. The number of rotatable bonds is 6. The van der Waals surface area contributed by atoms with E-state index in [1.54, 1.807) is 7.05 Å². The average molecular weight is 303 g/mol. The first-order chi connectivity index (χ1) is 10.7. The highest BCUT2D eigenvalue weighted by molar-refractivity contribution is 5.94. The molecule has 0 radical (unpaired) electrons. The lowest BCUT2D eigenvalue weighted by molar-refractivity contribution is -0.120. The predicted molar refractivity (Wildman–Crippen MR) is 86.9 cm³/mol. The maximum atomic E-state index is 12.0. The molecule has 1 fully saturated rings.